The van der Waals surface area contributed by atoms with E-state index in [0.717, 1.165) is 25.7 Å². The number of benzene rings is 1. The summed E-state index contributed by atoms with van der Waals surface area (Å²) in [5.41, 5.74) is 0. The molecule has 1 saturated carbocycles. The number of piperidine rings is 1. The van der Waals surface area contributed by atoms with Crippen molar-refractivity contribution >= 4 is 20.0 Å². The third kappa shape index (κ3) is 3.80. The summed E-state index contributed by atoms with van der Waals surface area (Å²) in [4.78, 5) is 0.0321. The minimum atomic E-state index is -3.68. The van der Waals surface area contributed by atoms with Crippen molar-refractivity contribution < 1.29 is 16.8 Å². The fourth-order valence-corrected chi connectivity index (χ4v) is 5.77. The predicted octanol–water partition coefficient (Wildman–Crippen LogP) is 0.500. The lowest BCUT2D eigenvalue weighted by molar-refractivity contribution is 0.298. The smallest absolute Gasteiger partial charge is 0.243 e. The van der Waals surface area contributed by atoms with E-state index in [1.165, 1.54) is 28.6 Å². The van der Waals surface area contributed by atoms with Crippen LogP contribution in [0, 0.1) is 0 Å². The maximum Gasteiger partial charge on any atom is 0.243 e. The Morgan fingerprint density at radius 1 is 0.958 bits per heavy atom. The highest BCUT2D eigenvalue weighted by atomic mass is 32.2. The van der Waals surface area contributed by atoms with Crippen LogP contribution in [0.25, 0.3) is 0 Å². The Bertz CT molecular complexity index is 796. The third-order valence-electron chi connectivity index (χ3n) is 4.51. The van der Waals surface area contributed by atoms with Crippen molar-refractivity contribution in [1.29, 1.82) is 0 Å². The van der Waals surface area contributed by atoms with E-state index < -0.39 is 20.0 Å². The van der Waals surface area contributed by atoms with Crippen molar-refractivity contribution in [3.8, 4) is 0 Å². The van der Waals surface area contributed by atoms with Crippen LogP contribution in [0.5, 0.6) is 0 Å². The Morgan fingerprint density at radius 2 is 1.58 bits per heavy atom. The number of hydrogen-bond donors (Lipinski definition) is 2. The van der Waals surface area contributed by atoms with Gasteiger partial charge < -0.3 is 5.32 Å². The van der Waals surface area contributed by atoms with Crippen molar-refractivity contribution in [2.45, 2.75) is 47.6 Å². The Labute approximate surface area is 143 Å². The third-order valence-corrected chi connectivity index (χ3v) is 7.93. The lowest BCUT2D eigenvalue weighted by atomic mass is 10.1. The van der Waals surface area contributed by atoms with Gasteiger partial charge in [0.1, 0.15) is 0 Å². The highest BCUT2D eigenvalue weighted by Crippen LogP contribution is 2.25. The van der Waals surface area contributed by atoms with Crippen molar-refractivity contribution in [1.82, 2.24) is 14.3 Å². The minimum absolute atomic E-state index is 0.000542. The molecule has 2 fully saturated rings. The quantitative estimate of drug-likeness (QED) is 0.757. The van der Waals surface area contributed by atoms with Crippen LogP contribution in [0.2, 0.25) is 0 Å². The topological polar surface area (TPSA) is 95.6 Å². The molecule has 2 N–H and O–H groups in total. The molecule has 0 atom stereocenters. The van der Waals surface area contributed by atoms with Gasteiger partial charge in [0.15, 0.2) is 0 Å². The molecule has 1 aliphatic heterocycles. The lowest BCUT2D eigenvalue weighted by Crippen LogP contribution is -2.43. The van der Waals surface area contributed by atoms with E-state index in [0.29, 0.717) is 19.1 Å². The second-order valence-corrected chi connectivity index (χ2v) is 9.99. The van der Waals surface area contributed by atoms with E-state index in [1.54, 1.807) is 0 Å². The van der Waals surface area contributed by atoms with Gasteiger partial charge in [-0.3, -0.25) is 0 Å². The normalized spacial score (nSPS) is 21.0. The van der Waals surface area contributed by atoms with E-state index in [4.69, 9.17) is 0 Å². The molecule has 0 radical (unpaired) electrons. The molecule has 134 valence electrons. The van der Waals surface area contributed by atoms with Crippen LogP contribution in [0.4, 0.5) is 0 Å². The van der Waals surface area contributed by atoms with Gasteiger partial charge in [0.2, 0.25) is 20.0 Å². The Balaban J connectivity index is 1.82. The first kappa shape index (κ1) is 17.8. The minimum Gasteiger partial charge on any atom is -0.317 e. The summed E-state index contributed by atoms with van der Waals surface area (Å²) < 4.78 is 54.2. The van der Waals surface area contributed by atoms with Gasteiger partial charge in [-0.05, 0) is 50.9 Å². The first-order valence-corrected chi connectivity index (χ1v) is 11.0. The van der Waals surface area contributed by atoms with Crippen LogP contribution in [0.1, 0.15) is 25.7 Å². The van der Waals surface area contributed by atoms with Crippen molar-refractivity contribution in [3.05, 3.63) is 24.3 Å². The second-order valence-electron chi connectivity index (χ2n) is 6.34. The summed E-state index contributed by atoms with van der Waals surface area (Å²) in [6, 6.07) is 5.92. The first-order chi connectivity index (χ1) is 11.3. The Kier molecular flexibility index (Phi) is 4.99. The molecule has 0 unspecified atom stereocenters. The summed E-state index contributed by atoms with van der Waals surface area (Å²) in [5.74, 6) is 0. The summed E-state index contributed by atoms with van der Waals surface area (Å²) in [7, 11) is -5.47. The van der Waals surface area contributed by atoms with E-state index in [-0.39, 0.29) is 15.8 Å². The van der Waals surface area contributed by atoms with Crippen LogP contribution in [0.15, 0.2) is 34.1 Å². The molecule has 1 aromatic carbocycles. The molecular weight excluding hydrogens is 350 g/mol. The number of hydrogen-bond acceptors (Lipinski definition) is 5. The average Bonchev–Trinajstić information content (AvgIpc) is 3.38. The van der Waals surface area contributed by atoms with Gasteiger partial charge >= 0.3 is 0 Å². The molecule has 1 aromatic rings. The number of nitrogens with one attached hydrogen (secondary N) is 2. The highest BCUT2D eigenvalue weighted by molar-refractivity contribution is 7.90. The maximum atomic E-state index is 12.8. The van der Waals surface area contributed by atoms with Crippen LogP contribution in [-0.2, 0) is 20.0 Å². The molecule has 1 aliphatic carbocycles. The maximum absolute atomic E-state index is 12.8. The van der Waals surface area contributed by atoms with Crippen LogP contribution in [0.3, 0.4) is 0 Å². The van der Waals surface area contributed by atoms with Gasteiger partial charge in [0.25, 0.3) is 0 Å². The van der Waals surface area contributed by atoms with Gasteiger partial charge in [-0.25, -0.2) is 21.6 Å². The van der Waals surface area contributed by atoms with Gasteiger partial charge in [-0.2, -0.15) is 4.31 Å². The Hall–Kier alpha value is -1.00. The van der Waals surface area contributed by atoms with Crippen molar-refractivity contribution in [3.63, 3.8) is 0 Å². The standard InChI is InChI=1S/C15H23N3O4S2/c1-16-12-7-9-18(10-8-12)24(21,22)15-4-2-3-14(11-15)23(19,20)17-13-5-6-13/h2-4,11-13,16-17H,5-10H2,1H3. The van der Waals surface area contributed by atoms with E-state index in [2.05, 4.69) is 10.0 Å². The average molecular weight is 374 g/mol. The first-order valence-electron chi connectivity index (χ1n) is 8.13. The summed E-state index contributed by atoms with van der Waals surface area (Å²) in [6.45, 7) is 0.871. The number of rotatable bonds is 6. The van der Waals surface area contributed by atoms with E-state index >= 15 is 0 Å². The lowest BCUT2D eigenvalue weighted by Gasteiger charge is -2.31. The van der Waals surface area contributed by atoms with Crippen LogP contribution in [-0.4, -0.2) is 53.4 Å². The summed E-state index contributed by atoms with van der Waals surface area (Å²) in [5, 5.41) is 3.16. The zero-order valence-corrected chi connectivity index (χ0v) is 15.2. The predicted molar refractivity (Wildman–Crippen MR) is 90.6 cm³/mol. The molecular formula is C15H23N3O4S2. The highest BCUT2D eigenvalue weighted by Gasteiger charge is 2.31. The molecule has 7 nitrogen and oxygen atoms in total. The van der Waals surface area contributed by atoms with Crippen LogP contribution < -0.4 is 10.0 Å². The van der Waals surface area contributed by atoms with Crippen molar-refractivity contribution in [2.75, 3.05) is 20.1 Å². The fraction of sp³-hybridized carbons (Fsp3) is 0.600. The van der Waals surface area contributed by atoms with Crippen molar-refractivity contribution in [2.24, 2.45) is 0 Å². The van der Waals surface area contributed by atoms with Gasteiger partial charge in [-0.15, -0.1) is 0 Å². The molecule has 3 rings (SSSR count). The second kappa shape index (κ2) is 6.72. The zero-order valence-electron chi connectivity index (χ0n) is 13.6. The van der Waals surface area contributed by atoms with Crippen LogP contribution >= 0.6 is 0 Å². The molecule has 1 saturated heterocycles. The molecule has 0 aromatic heterocycles. The zero-order chi connectivity index (χ0) is 17.4. The number of sulfonamides is 2. The van der Waals surface area contributed by atoms with Gasteiger partial charge in [0, 0.05) is 25.2 Å². The monoisotopic (exact) mass is 373 g/mol. The SMILES string of the molecule is CNC1CCN(S(=O)(=O)c2cccc(S(=O)(=O)NC3CC3)c2)CC1. The van der Waals surface area contributed by atoms with Gasteiger partial charge in [0.05, 0.1) is 9.79 Å². The molecule has 0 amide bonds. The molecule has 1 heterocycles. The van der Waals surface area contributed by atoms with Gasteiger partial charge in [-0.1, -0.05) is 6.07 Å². The van der Waals surface area contributed by atoms with E-state index in [1.807, 2.05) is 7.05 Å². The summed E-state index contributed by atoms with van der Waals surface area (Å²) >= 11 is 0. The molecule has 0 bridgehead atoms. The molecule has 0 spiro atoms. The van der Waals surface area contributed by atoms with E-state index in [9.17, 15) is 16.8 Å². The fourth-order valence-electron chi connectivity index (χ4n) is 2.82. The molecule has 9 heteroatoms. The molecule has 2 aliphatic rings. The Morgan fingerprint density at radius 3 is 2.17 bits per heavy atom. The largest absolute Gasteiger partial charge is 0.317 e. The molecule has 24 heavy (non-hydrogen) atoms. The number of nitrogens with zero attached hydrogens (tertiary/aromatic N) is 1. The summed E-state index contributed by atoms with van der Waals surface area (Å²) in [6.07, 6.45) is 3.16.